The number of hydrogen-bond acceptors (Lipinski definition) is 13. The summed E-state index contributed by atoms with van der Waals surface area (Å²) in [4.78, 5) is 56.3. The van der Waals surface area contributed by atoms with Crippen LogP contribution in [-0.2, 0) is 33.9 Å². The number of carbonyl (C=O) groups is 3. The number of pyridine rings is 1. The largest absolute Gasteiger partial charge is 0.754 e. The van der Waals surface area contributed by atoms with Gasteiger partial charge in [-0.05, 0) is 44.0 Å². The van der Waals surface area contributed by atoms with E-state index in [9.17, 15) is 23.1 Å². The summed E-state index contributed by atoms with van der Waals surface area (Å²) in [6.07, 6.45) is 6.44. The second kappa shape index (κ2) is 13.7. The van der Waals surface area contributed by atoms with Crippen LogP contribution in [0.5, 0.6) is 0 Å². The van der Waals surface area contributed by atoms with Gasteiger partial charge in [-0.3, -0.25) is 33.5 Å². The standard InChI is InChI=1S/C34H35FN12O5S/c1-19(2)47-27-13-29(39-28-5-6-36-31(40-28)22-14-38-46(18-22)53(51)52)37-15-24(27)32(42-47)44-9-7-43(8-10-44)16-21-11-20-17-45(34(50)23(20)12-25(21)35)26-3-4-30(48)41-33(26)49/h5-6,11-15,18-19,26H,3-4,7-10,16-17H2,1-2H3,(H,51,52)(H,41,48,49)(H,36,37,39,40)/p-1. The van der Waals surface area contributed by atoms with E-state index < -0.39 is 34.9 Å². The Balaban J connectivity index is 0.946. The normalized spacial score (nSPS) is 18.6. The van der Waals surface area contributed by atoms with Crippen LogP contribution in [0.25, 0.3) is 22.3 Å². The maximum Gasteiger partial charge on any atom is 0.255 e. The summed E-state index contributed by atoms with van der Waals surface area (Å²) in [7, 11) is 0. The van der Waals surface area contributed by atoms with E-state index in [4.69, 9.17) is 5.10 Å². The lowest BCUT2D eigenvalue weighted by Crippen LogP contribution is -2.52. The highest BCUT2D eigenvalue weighted by molar-refractivity contribution is 7.77. The number of imide groups is 1. The highest BCUT2D eigenvalue weighted by Crippen LogP contribution is 2.33. The van der Waals surface area contributed by atoms with Gasteiger partial charge in [0.05, 0.1) is 40.1 Å². The number of benzene rings is 1. The van der Waals surface area contributed by atoms with Gasteiger partial charge in [0.15, 0.2) is 11.6 Å². The molecule has 2 unspecified atom stereocenters. The Hall–Kier alpha value is -5.66. The van der Waals surface area contributed by atoms with E-state index in [1.165, 1.54) is 23.4 Å². The van der Waals surface area contributed by atoms with E-state index >= 15 is 4.39 Å². The number of piperidine rings is 1. The summed E-state index contributed by atoms with van der Waals surface area (Å²) in [5.74, 6) is 0.385. The predicted octanol–water partition coefficient (Wildman–Crippen LogP) is 2.27. The number of anilines is 3. The first kappa shape index (κ1) is 34.4. The van der Waals surface area contributed by atoms with Gasteiger partial charge in [-0.1, -0.05) is 0 Å². The molecule has 0 radical (unpaired) electrons. The topological polar surface area (TPSA) is 199 Å². The Morgan fingerprint density at radius 2 is 1.89 bits per heavy atom. The lowest BCUT2D eigenvalue weighted by molar-refractivity contribution is -0.136. The highest BCUT2D eigenvalue weighted by atomic mass is 32.2. The van der Waals surface area contributed by atoms with E-state index in [2.05, 4.69) is 54.3 Å². The van der Waals surface area contributed by atoms with Crippen molar-refractivity contribution in [2.75, 3.05) is 36.4 Å². The average Bonchev–Trinajstić information content (AvgIpc) is 3.86. The highest BCUT2D eigenvalue weighted by Gasteiger charge is 2.39. The molecule has 0 spiro atoms. The first-order valence-corrected chi connectivity index (χ1v) is 18.1. The number of halogens is 1. The number of nitrogens with one attached hydrogen (secondary N) is 2. The van der Waals surface area contributed by atoms with Gasteiger partial charge in [-0.15, -0.1) is 0 Å². The molecular weight excluding hydrogens is 708 g/mol. The van der Waals surface area contributed by atoms with Crippen LogP contribution >= 0.6 is 0 Å². The van der Waals surface area contributed by atoms with Gasteiger partial charge in [0, 0.05) is 81.3 Å². The number of rotatable bonds is 9. The van der Waals surface area contributed by atoms with Crippen molar-refractivity contribution >= 4 is 57.3 Å². The molecule has 0 saturated carbocycles. The Bertz CT molecular complexity index is 2300. The number of amides is 3. The number of nitrogens with zero attached hydrogens (tertiary/aromatic N) is 10. The van der Waals surface area contributed by atoms with Crippen molar-refractivity contribution in [2.24, 2.45) is 0 Å². The Labute approximate surface area is 304 Å². The fourth-order valence-corrected chi connectivity index (χ4v) is 7.36. The molecule has 0 aliphatic carbocycles. The monoisotopic (exact) mass is 741 g/mol. The number of piperazine rings is 1. The lowest BCUT2D eigenvalue weighted by atomic mass is 10.0. The van der Waals surface area contributed by atoms with E-state index in [0.717, 1.165) is 20.8 Å². The molecule has 3 amide bonds. The van der Waals surface area contributed by atoms with Gasteiger partial charge in [0.1, 0.15) is 23.5 Å². The van der Waals surface area contributed by atoms with Crippen LogP contribution in [0, 0.1) is 5.82 Å². The van der Waals surface area contributed by atoms with E-state index in [-0.39, 0.29) is 36.9 Å². The molecule has 8 rings (SSSR count). The second-order valence-corrected chi connectivity index (χ2v) is 14.3. The van der Waals surface area contributed by atoms with Crippen LogP contribution in [0.1, 0.15) is 54.2 Å². The van der Waals surface area contributed by atoms with Crippen molar-refractivity contribution in [2.45, 2.75) is 51.9 Å². The predicted molar refractivity (Wildman–Crippen MR) is 189 cm³/mol. The van der Waals surface area contributed by atoms with E-state index in [1.807, 2.05) is 10.7 Å². The number of fused-ring (bicyclic) bond motifs is 2. The lowest BCUT2D eigenvalue weighted by Gasteiger charge is -2.35. The minimum Gasteiger partial charge on any atom is -0.754 e. The maximum atomic E-state index is 15.4. The van der Waals surface area contributed by atoms with Gasteiger partial charge in [-0.2, -0.15) is 14.3 Å². The SMILES string of the molecule is CC(C)n1nc(N2CCN(Cc3cc4c(cc3F)C(=O)N(C3CCC(=O)NC3=O)C4)CC2)c2cnc(Nc3ccnc(-c4cnn(S(=O)[O-])c4)n3)cc21. The third-order valence-corrected chi connectivity index (χ3v) is 10.2. The molecule has 7 heterocycles. The molecule has 5 aromatic rings. The molecule has 3 aliphatic heterocycles. The molecule has 2 fully saturated rings. The molecule has 4 aromatic heterocycles. The first-order chi connectivity index (χ1) is 25.5. The third kappa shape index (κ3) is 6.62. The molecule has 2 N–H and O–H groups in total. The van der Waals surface area contributed by atoms with Crippen LogP contribution in [-0.4, -0.2) is 102 Å². The van der Waals surface area contributed by atoms with Crippen molar-refractivity contribution in [3.05, 3.63) is 71.6 Å². The molecule has 2 saturated heterocycles. The smallest absolute Gasteiger partial charge is 0.255 e. The summed E-state index contributed by atoms with van der Waals surface area (Å²) in [5.41, 5.74) is 2.74. The van der Waals surface area contributed by atoms with Crippen molar-refractivity contribution in [1.29, 1.82) is 0 Å². The minimum atomic E-state index is -2.54. The zero-order valence-corrected chi connectivity index (χ0v) is 29.5. The second-order valence-electron chi connectivity index (χ2n) is 13.5. The zero-order chi connectivity index (χ0) is 37.0. The van der Waals surface area contributed by atoms with Crippen molar-refractivity contribution in [1.82, 2.24) is 49.0 Å². The molecular formula is C34H34FN12O5S-. The number of aromatic nitrogens is 7. The van der Waals surface area contributed by atoms with Crippen LogP contribution in [0.4, 0.5) is 21.8 Å². The first-order valence-electron chi connectivity index (χ1n) is 17.1. The van der Waals surface area contributed by atoms with Crippen LogP contribution in [0.2, 0.25) is 0 Å². The Kier molecular flexibility index (Phi) is 8.91. The van der Waals surface area contributed by atoms with Gasteiger partial charge in [-0.25, -0.2) is 19.3 Å². The Morgan fingerprint density at radius 1 is 1.08 bits per heavy atom. The van der Waals surface area contributed by atoms with Crippen LogP contribution in [0.3, 0.4) is 0 Å². The van der Waals surface area contributed by atoms with Crippen molar-refractivity contribution < 1.29 is 27.5 Å². The van der Waals surface area contributed by atoms with Crippen molar-refractivity contribution in [3.8, 4) is 11.4 Å². The van der Waals surface area contributed by atoms with E-state index in [1.54, 1.807) is 24.5 Å². The summed E-state index contributed by atoms with van der Waals surface area (Å²) >= 11 is -2.54. The zero-order valence-electron chi connectivity index (χ0n) is 28.7. The molecule has 1 aromatic carbocycles. The maximum absolute atomic E-state index is 15.4. The van der Waals surface area contributed by atoms with Crippen molar-refractivity contribution in [3.63, 3.8) is 0 Å². The molecule has 17 nitrogen and oxygen atoms in total. The molecule has 19 heteroatoms. The molecule has 0 bridgehead atoms. The van der Waals surface area contributed by atoms with Gasteiger partial charge >= 0.3 is 0 Å². The summed E-state index contributed by atoms with van der Waals surface area (Å²) in [5, 5.41) is 15.2. The van der Waals surface area contributed by atoms with Crippen LogP contribution in [0.15, 0.2) is 49.1 Å². The van der Waals surface area contributed by atoms with Gasteiger partial charge < -0.3 is 19.7 Å². The quantitative estimate of drug-likeness (QED) is 0.165. The third-order valence-electron chi connectivity index (χ3n) is 9.70. The fraction of sp³-hybridized carbons (Fsp3) is 0.353. The summed E-state index contributed by atoms with van der Waals surface area (Å²) in [6.45, 7) is 7.27. The molecule has 274 valence electrons. The Morgan fingerprint density at radius 3 is 2.62 bits per heavy atom. The van der Waals surface area contributed by atoms with Gasteiger partial charge in [0.25, 0.3) is 5.91 Å². The summed E-state index contributed by atoms with van der Waals surface area (Å²) < 4.78 is 40.6. The van der Waals surface area contributed by atoms with Gasteiger partial charge in [0.2, 0.25) is 11.8 Å². The minimum absolute atomic E-state index is 0.0529. The fourth-order valence-electron chi connectivity index (χ4n) is 7.03. The molecule has 53 heavy (non-hydrogen) atoms. The molecule has 3 aliphatic rings. The summed E-state index contributed by atoms with van der Waals surface area (Å²) in [6, 6.07) is 5.89. The van der Waals surface area contributed by atoms with E-state index in [0.29, 0.717) is 66.9 Å². The number of carbonyl (C=O) groups excluding carboxylic acids is 3. The molecule has 2 atom stereocenters. The number of hydrogen-bond donors (Lipinski definition) is 2. The van der Waals surface area contributed by atoms with Crippen LogP contribution < -0.4 is 15.5 Å². The average molecular weight is 742 g/mol.